The standard InChI is InChI=1S/C23H28Cl2N2O4S/c1-16-5-3-8-22(17(16)2)31-14-11-26-23(28)18-9-12-27(13-10-18)32(29,30)15-19-20(24)6-4-7-21(19)25/h3-8,18H,9-15H2,1-2H3,(H,26,28). The first-order valence-electron chi connectivity index (χ1n) is 10.6. The second-order valence-corrected chi connectivity index (χ2v) is 10.8. The van der Waals surface area contributed by atoms with E-state index in [1.54, 1.807) is 18.2 Å². The minimum Gasteiger partial charge on any atom is -0.491 e. The van der Waals surface area contributed by atoms with Crippen molar-refractivity contribution in [3.63, 3.8) is 0 Å². The molecule has 2 aromatic carbocycles. The van der Waals surface area contributed by atoms with Crippen LogP contribution in [-0.4, -0.2) is 44.9 Å². The van der Waals surface area contributed by atoms with E-state index in [-0.39, 0.29) is 17.6 Å². The second-order valence-electron chi connectivity index (χ2n) is 7.97. The summed E-state index contributed by atoms with van der Waals surface area (Å²) >= 11 is 12.2. The van der Waals surface area contributed by atoms with E-state index in [4.69, 9.17) is 27.9 Å². The number of amides is 1. The second kappa shape index (κ2) is 10.9. The lowest BCUT2D eigenvalue weighted by atomic mass is 9.97. The number of rotatable bonds is 8. The summed E-state index contributed by atoms with van der Waals surface area (Å²) in [5.74, 6) is 0.279. The molecule has 1 aliphatic rings. The Hall–Kier alpha value is -1.80. The molecule has 32 heavy (non-hydrogen) atoms. The third-order valence-corrected chi connectivity index (χ3v) is 8.33. The van der Waals surface area contributed by atoms with Gasteiger partial charge < -0.3 is 10.1 Å². The van der Waals surface area contributed by atoms with Crippen LogP contribution < -0.4 is 10.1 Å². The molecule has 174 valence electrons. The average molecular weight is 499 g/mol. The van der Waals surface area contributed by atoms with Crippen molar-refractivity contribution in [3.05, 3.63) is 63.1 Å². The Bertz CT molecular complexity index is 1050. The van der Waals surface area contributed by atoms with Crippen LogP contribution in [0.25, 0.3) is 0 Å². The molecule has 6 nitrogen and oxygen atoms in total. The van der Waals surface area contributed by atoms with Crippen molar-refractivity contribution in [2.24, 2.45) is 5.92 Å². The van der Waals surface area contributed by atoms with Gasteiger partial charge in [0.15, 0.2) is 0 Å². The van der Waals surface area contributed by atoms with Gasteiger partial charge in [0.05, 0.1) is 12.3 Å². The minimum atomic E-state index is -3.58. The maximum absolute atomic E-state index is 12.8. The first kappa shape index (κ1) is 24.8. The number of ether oxygens (including phenoxy) is 1. The van der Waals surface area contributed by atoms with Crippen LogP contribution in [0.5, 0.6) is 5.75 Å². The van der Waals surface area contributed by atoms with Crippen molar-refractivity contribution in [2.75, 3.05) is 26.2 Å². The molecule has 1 heterocycles. The lowest BCUT2D eigenvalue weighted by molar-refractivity contribution is -0.126. The fourth-order valence-corrected chi connectivity index (χ4v) is 6.02. The normalized spacial score (nSPS) is 15.5. The van der Waals surface area contributed by atoms with Crippen molar-refractivity contribution >= 4 is 39.1 Å². The summed E-state index contributed by atoms with van der Waals surface area (Å²) in [6.07, 6.45) is 0.943. The van der Waals surface area contributed by atoms with Gasteiger partial charge in [0.1, 0.15) is 12.4 Å². The van der Waals surface area contributed by atoms with Crippen LogP contribution in [0.3, 0.4) is 0 Å². The fourth-order valence-electron chi connectivity index (χ4n) is 3.70. The van der Waals surface area contributed by atoms with Crippen LogP contribution in [0.2, 0.25) is 10.0 Å². The van der Waals surface area contributed by atoms with Crippen LogP contribution in [0.15, 0.2) is 36.4 Å². The van der Waals surface area contributed by atoms with Gasteiger partial charge in [-0.3, -0.25) is 4.79 Å². The SMILES string of the molecule is Cc1cccc(OCCNC(=O)C2CCN(S(=O)(=O)Cc3c(Cl)cccc3Cl)CC2)c1C. The van der Waals surface area contributed by atoms with Crippen molar-refractivity contribution in [1.82, 2.24) is 9.62 Å². The Morgan fingerprint density at radius 1 is 1.09 bits per heavy atom. The monoisotopic (exact) mass is 498 g/mol. The van der Waals surface area contributed by atoms with Crippen molar-refractivity contribution in [2.45, 2.75) is 32.4 Å². The topological polar surface area (TPSA) is 75.7 Å². The van der Waals surface area contributed by atoms with Crippen LogP contribution >= 0.6 is 23.2 Å². The zero-order valence-electron chi connectivity index (χ0n) is 18.2. The summed E-state index contributed by atoms with van der Waals surface area (Å²) in [5, 5.41) is 3.56. The van der Waals surface area contributed by atoms with Crippen LogP contribution in [0.4, 0.5) is 0 Å². The van der Waals surface area contributed by atoms with Gasteiger partial charge in [-0.05, 0) is 56.0 Å². The maximum Gasteiger partial charge on any atom is 0.223 e. The Morgan fingerprint density at radius 3 is 2.38 bits per heavy atom. The lowest BCUT2D eigenvalue weighted by Gasteiger charge is -2.30. The summed E-state index contributed by atoms with van der Waals surface area (Å²) in [5.41, 5.74) is 2.65. The van der Waals surface area contributed by atoms with Gasteiger partial charge in [-0.15, -0.1) is 0 Å². The van der Waals surface area contributed by atoms with Gasteiger partial charge in [0.2, 0.25) is 15.9 Å². The summed E-state index contributed by atoms with van der Waals surface area (Å²) in [4.78, 5) is 12.5. The maximum atomic E-state index is 12.8. The molecule has 0 aromatic heterocycles. The van der Waals surface area contributed by atoms with Gasteiger partial charge in [0.25, 0.3) is 0 Å². The largest absolute Gasteiger partial charge is 0.491 e. The highest BCUT2D eigenvalue weighted by Crippen LogP contribution is 2.29. The first-order chi connectivity index (χ1) is 15.2. The number of halogens is 2. The molecule has 3 rings (SSSR count). The van der Waals surface area contributed by atoms with Gasteiger partial charge in [0, 0.05) is 34.6 Å². The quantitative estimate of drug-likeness (QED) is 0.549. The van der Waals surface area contributed by atoms with Crippen LogP contribution in [0.1, 0.15) is 29.5 Å². The van der Waals surface area contributed by atoms with E-state index in [0.717, 1.165) is 16.9 Å². The van der Waals surface area contributed by atoms with Gasteiger partial charge in [-0.25, -0.2) is 12.7 Å². The molecule has 1 saturated heterocycles. The number of benzene rings is 2. The Balaban J connectivity index is 1.45. The van der Waals surface area contributed by atoms with Crippen molar-refractivity contribution < 1.29 is 17.9 Å². The number of hydrogen-bond acceptors (Lipinski definition) is 4. The van der Waals surface area contributed by atoms with Gasteiger partial charge in [-0.1, -0.05) is 41.4 Å². The molecule has 1 N–H and O–H groups in total. The molecular weight excluding hydrogens is 471 g/mol. The van der Waals surface area contributed by atoms with Crippen molar-refractivity contribution in [1.29, 1.82) is 0 Å². The molecule has 1 fully saturated rings. The summed E-state index contributed by atoms with van der Waals surface area (Å²) in [7, 11) is -3.58. The highest BCUT2D eigenvalue weighted by atomic mass is 35.5. The zero-order valence-corrected chi connectivity index (χ0v) is 20.6. The molecule has 0 unspecified atom stereocenters. The first-order valence-corrected chi connectivity index (χ1v) is 12.9. The zero-order chi connectivity index (χ0) is 23.3. The van der Waals surface area contributed by atoms with E-state index in [9.17, 15) is 13.2 Å². The number of hydrogen-bond donors (Lipinski definition) is 1. The third-order valence-electron chi connectivity index (χ3n) is 5.82. The van der Waals surface area contributed by atoms with Crippen molar-refractivity contribution in [3.8, 4) is 5.75 Å². The van der Waals surface area contributed by atoms with E-state index in [2.05, 4.69) is 5.32 Å². The molecule has 1 amide bonds. The number of carbonyl (C=O) groups is 1. The number of carbonyl (C=O) groups excluding carboxylic acids is 1. The Kier molecular flexibility index (Phi) is 8.44. The molecular formula is C23H28Cl2N2O4S. The van der Waals surface area contributed by atoms with E-state index in [0.29, 0.717) is 54.7 Å². The molecule has 9 heteroatoms. The molecule has 0 radical (unpaired) electrons. The Labute approximate surface area is 199 Å². The molecule has 2 aromatic rings. The van der Waals surface area contributed by atoms with E-state index < -0.39 is 10.0 Å². The van der Waals surface area contributed by atoms with Crippen LogP contribution in [0, 0.1) is 19.8 Å². The highest BCUT2D eigenvalue weighted by Gasteiger charge is 2.31. The molecule has 0 aliphatic carbocycles. The number of sulfonamides is 1. The average Bonchev–Trinajstić information content (AvgIpc) is 2.76. The van der Waals surface area contributed by atoms with Gasteiger partial charge >= 0.3 is 0 Å². The predicted octanol–water partition coefficient (Wildman–Crippen LogP) is 4.35. The number of piperidine rings is 1. The molecule has 0 atom stereocenters. The van der Waals surface area contributed by atoms with Gasteiger partial charge in [-0.2, -0.15) is 0 Å². The summed E-state index contributed by atoms with van der Waals surface area (Å²) < 4.78 is 32.8. The van der Waals surface area contributed by atoms with E-state index in [1.165, 1.54) is 4.31 Å². The molecule has 0 bridgehead atoms. The number of aryl methyl sites for hydroxylation is 1. The number of nitrogens with zero attached hydrogens (tertiary/aromatic N) is 1. The molecule has 0 spiro atoms. The predicted molar refractivity (Wildman–Crippen MR) is 128 cm³/mol. The molecule has 0 saturated carbocycles. The number of nitrogens with one attached hydrogen (secondary N) is 1. The lowest BCUT2D eigenvalue weighted by Crippen LogP contribution is -2.44. The highest BCUT2D eigenvalue weighted by molar-refractivity contribution is 7.88. The van der Waals surface area contributed by atoms with E-state index in [1.807, 2.05) is 32.0 Å². The smallest absolute Gasteiger partial charge is 0.223 e. The molecule has 1 aliphatic heterocycles. The minimum absolute atomic E-state index is 0.0687. The summed E-state index contributed by atoms with van der Waals surface area (Å²) in [6.45, 7) is 5.39. The fraction of sp³-hybridized carbons (Fsp3) is 0.435. The van der Waals surface area contributed by atoms with Crippen LogP contribution in [-0.2, 0) is 20.6 Å². The Morgan fingerprint density at radius 2 is 1.72 bits per heavy atom. The van der Waals surface area contributed by atoms with E-state index >= 15 is 0 Å². The summed E-state index contributed by atoms with van der Waals surface area (Å²) in [6, 6.07) is 10.8. The third kappa shape index (κ3) is 6.16.